The first-order chi connectivity index (χ1) is 10.7. The molecule has 0 radical (unpaired) electrons. The predicted molar refractivity (Wildman–Crippen MR) is 90.9 cm³/mol. The Kier molecular flexibility index (Phi) is 6.18. The molecule has 0 aliphatic heterocycles. The van der Waals surface area contributed by atoms with Crippen LogP contribution in [-0.2, 0) is 13.2 Å². The molecule has 4 nitrogen and oxygen atoms in total. The largest absolute Gasteiger partial charge is 0.392 e. The number of halogens is 1. The van der Waals surface area contributed by atoms with Gasteiger partial charge in [0.1, 0.15) is 0 Å². The minimum Gasteiger partial charge on any atom is -0.392 e. The summed E-state index contributed by atoms with van der Waals surface area (Å²) in [6.07, 6.45) is 3.42. The molecule has 3 N–H and O–H groups in total. The van der Waals surface area contributed by atoms with E-state index in [1.165, 1.54) is 0 Å². The van der Waals surface area contributed by atoms with Gasteiger partial charge in [-0.05, 0) is 28.8 Å². The number of urea groups is 1. The third-order valence-corrected chi connectivity index (χ3v) is 3.76. The van der Waals surface area contributed by atoms with Gasteiger partial charge in [0.2, 0.25) is 0 Å². The van der Waals surface area contributed by atoms with Crippen LogP contribution < -0.4 is 10.6 Å². The van der Waals surface area contributed by atoms with Crippen LogP contribution in [0.1, 0.15) is 16.7 Å². The van der Waals surface area contributed by atoms with Crippen molar-refractivity contribution in [1.29, 1.82) is 0 Å². The summed E-state index contributed by atoms with van der Waals surface area (Å²) in [5, 5.41) is 14.4. The third kappa shape index (κ3) is 5.02. The van der Waals surface area contributed by atoms with Crippen LogP contribution in [0.2, 0.25) is 0 Å². The van der Waals surface area contributed by atoms with E-state index in [4.69, 9.17) is 5.11 Å². The molecule has 114 valence electrons. The highest BCUT2D eigenvalue weighted by atomic mass is 79.9. The number of aliphatic hydroxyl groups excluding tert-OH is 1. The van der Waals surface area contributed by atoms with Gasteiger partial charge in [-0.1, -0.05) is 58.4 Å². The van der Waals surface area contributed by atoms with Crippen LogP contribution >= 0.6 is 15.9 Å². The Morgan fingerprint density at radius 1 is 1.09 bits per heavy atom. The first kappa shape index (κ1) is 16.3. The number of nitrogens with one attached hydrogen (secondary N) is 2. The predicted octanol–water partition coefficient (Wildman–Crippen LogP) is 3.41. The van der Waals surface area contributed by atoms with E-state index in [9.17, 15) is 4.79 Å². The highest BCUT2D eigenvalue weighted by molar-refractivity contribution is 9.10. The number of amides is 2. The topological polar surface area (TPSA) is 61.4 Å². The summed E-state index contributed by atoms with van der Waals surface area (Å²) in [5.41, 5.74) is 2.81. The Hall–Kier alpha value is -2.11. The van der Waals surface area contributed by atoms with Gasteiger partial charge in [-0.25, -0.2) is 4.79 Å². The molecule has 0 unspecified atom stereocenters. The maximum atomic E-state index is 11.7. The summed E-state index contributed by atoms with van der Waals surface area (Å²) in [7, 11) is 0. The molecule has 0 aliphatic carbocycles. The molecule has 0 saturated carbocycles. The van der Waals surface area contributed by atoms with E-state index >= 15 is 0 Å². The molecule has 22 heavy (non-hydrogen) atoms. The van der Waals surface area contributed by atoms with Gasteiger partial charge >= 0.3 is 6.03 Å². The Morgan fingerprint density at radius 3 is 2.45 bits per heavy atom. The van der Waals surface area contributed by atoms with E-state index < -0.39 is 0 Å². The van der Waals surface area contributed by atoms with Crippen molar-refractivity contribution in [3.63, 3.8) is 0 Å². The van der Waals surface area contributed by atoms with Gasteiger partial charge in [-0.15, -0.1) is 0 Å². The highest BCUT2D eigenvalue weighted by Gasteiger charge is 1.99. The second-order valence-corrected chi connectivity index (χ2v) is 5.51. The minimum absolute atomic E-state index is 0.0219. The van der Waals surface area contributed by atoms with Crippen molar-refractivity contribution in [2.75, 3.05) is 0 Å². The Labute approximate surface area is 138 Å². The van der Waals surface area contributed by atoms with Crippen molar-refractivity contribution in [3.8, 4) is 0 Å². The van der Waals surface area contributed by atoms with E-state index in [0.29, 0.717) is 6.54 Å². The summed E-state index contributed by atoms with van der Waals surface area (Å²) in [6, 6.07) is 14.9. The number of carbonyl (C=O) groups is 1. The van der Waals surface area contributed by atoms with Crippen LogP contribution in [0.25, 0.3) is 6.08 Å². The van der Waals surface area contributed by atoms with Crippen molar-refractivity contribution in [2.45, 2.75) is 13.2 Å². The molecule has 0 spiro atoms. The lowest BCUT2D eigenvalue weighted by atomic mass is 10.1. The van der Waals surface area contributed by atoms with Gasteiger partial charge < -0.3 is 15.7 Å². The van der Waals surface area contributed by atoms with E-state index in [1.807, 2.05) is 54.6 Å². The molecule has 2 aromatic carbocycles. The first-order valence-electron chi connectivity index (χ1n) is 6.83. The zero-order valence-electron chi connectivity index (χ0n) is 11.9. The zero-order valence-corrected chi connectivity index (χ0v) is 13.5. The molecule has 0 aromatic heterocycles. The number of rotatable bonds is 5. The molecule has 0 atom stereocenters. The highest BCUT2D eigenvalue weighted by Crippen LogP contribution is 2.16. The molecule has 0 heterocycles. The molecular formula is C17H17BrN2O2. The summed E-state index contributed by atoms with van der Waals surface area (Å²) in [5.74, 6) is 0. The molecule has 0 fully saturated rings. The standard InChI is InChI=1S/C17H17BrN2O2/c18-16-4-2-1-3-15(16)9-10-19-17(22)20-11-13-5-7-14(12-21)8-6-13/h1-10,21H,11-12H2,(H2,19,20,22)/b10-9+. The number of hydrogen-bond donors (Lipinski definition) is 3. The number of carbonyl (C=O) groups excluding carboxylic acids is 1. The number of hydrogen-bond acceptors (Lipinski definition) is 2. The molecule has 2 rings (SSSR count). The van der Waals surface area contributed by atoms with Crippen LogP contribution in [0.3, 0.4) is 0 Å². The summed E-state index contributed by atoms with van der Waals surface area (Å²) in [4.78, 5) is 11.7. The fourth-order valence-corrected chi connectivity index (χ4v) is 2.23. The molecule has 0 saturated heterocycles. The molecule has 2 aromatic rings. The van der Waals surface area contributed by atoms with Gasteiger partial charge in [-0.3, -0.25) is 0 Å². The Morgan fingerprint density at radius 2 is 1.77 bits per heavy atom. The van der Waals surface area contributed by atoms with Crippen LogP contribution in [0, 0.1) is 0 Å². The molecule has 2 amide bonds. The fraction of sp³-hybridized carbons (Fsp3) is 0.118. The second-order valence-electron chi connectivity index (χ2n) is 4.66. The van der Waals surface area contributed by atoms with Crippen molar-refractivity contribution in [1.82, 2.24) is 10.6 Å². The fourth-order valence-electron chi connectivity index (χ4n) is 1.81. The van der Waals surface area contributed by atoms with Crippen molar-refractivity contribution in [2.24, 2.45) is 0 Å². The lowest BCUT2D eigenvalue weighted by Crippen LogP contribution is -2.31. The van der Waals surface area contributed by atoms with Crippen LogP contribution in [-0.4, -0.2) is 11.1 Å². The van der Waals surface area contributed by atoms with Gasteiger partial charge in [0, 0.05) is 17.2 Å². The Bertz CT molecular complexity index is 654. The molecular weight excluding hydrogens is 344 g/mol. The van der Waals surface area contributed by atoms with E-state index in [0.717, 1.165) is 21.2 Å². The van der Waals surface area contributed by atoms with Gasteiger partial charge in [-0.2, -0.15) is 0 Å². The zero-order chi connectivity index (χ0) is 15.8. The van der Waals surface area contributed by atoms with Gasteiger partial charge in [0.05, 0.1) is 6.61 Å². The molecule has 5 heteroatoms. The quantitative estimate of drug-likeness (QED) is 0.764. The second kappa shape index (κ2) is 8.36. The average Bonchev–Trinajstić information content (AvgIpc) is 2.55. The Balaban J connectivity index is 1.79. The van der Waals surface area contributed by atoms with E-state index in [2.05, 4.69) is 26.6 Å². The SMILES string of the molecule is O=C(N/C=C/c1ccccc1Br)NCc1ccc(CO)cc1. The lowest BCUT2D eigenvalue weighted by molar-refractivity contribution is 0.244. The minimum atomic E-state index is -0.269. The third-order valence-electron chi connectivity index (χ3n) is 3.04. The van der Waals surface area contributed by atoms with Crippen LogP contribution in [0.5, 0.6) is 0 Å². The maximum Gasteiger partial charge on any atom is 0.319 e. The van der Waals surface area contributed by atoms with Gasteiger partial charge in [0.15, 0.2) is 0 Å². The first-order valence-corrected chi connectivity index (χ1v) is 7.62. The van der Waals surface area contributed by atoms with Crippen LogP contribution in [0.4, 0.5) is 4.79 Å². The van der Waals surface area contributed by atoms with Crippen molar-refractivity contribution >= 4 is 28.0 Å². The summed E-state index contributed by atoms with van der Waals surface area (Å²) < 4.78 is 0.970. The summed E-state index contributed by atoms with van der Waals surface area (Å²) in [6.45, 7) is 0.453. The average molecular weight is 361 g/mol. The maximum absolute atomic E-state index is 11.7. The van der Waals surface area contributed by atoms with Crippen LogP contribution in [0.15, 0.2) is 59.2 Å². The van der Waals surface area contributed by atoms with Gasteiger partial charge in [0.25, 0.3) is 0 Å². The smallest absolute Gasteiger partial charge is 0.319 e. The number of benzene rings is 2. The van der Waals surface area contributed by atoms with Crippen molar-refractivity contribution in [3.05, 3.63) is 75.9 Å². The van der Waals surface area contributed by atoms with E-state index in [1.54, 1.807) is 6.20 Å². The van der Waals surface area contributed by atoms with Crippen molar-refractivity contribution < 1.29 is 9.90 Å². The van der Waals surface area contributed by atoms with E-state index in [-0.39, 0.29) is 12.6 Å². The molecule has 0 aliphatic rings. The summed E-state index contributed by atoms with van der Waals surface area (Å²) >= 11 is 3.44. The molecule has 0 bridgehead atoms. The monoisotopic (exact) mass is 360 g/mol. The lowest BCUT2D eigenvalue weighted by Gasteiger charge is -2.05. The normalized spacial score (nSPS) is 10.6. The number of aliphatic hydroxyl groups is 1.